The molecule has 0 spiro atoms. The maximum absolute atomic E-state index is 12.7. The number of rotatable bonds is 5. The molecule has 1 aromatic heterocycles. The Balaban J connectivity index is 2.14. The fourth-order valence-electron chi connectivity index (χ4n) is 2.61. The quantitative estimate of drug-likeness (QED) is 0.908. The Bertz CT molecular complexity index is 551. The Morgan fingerprint density at radius 3 is 2.65 bits per heavy atom. The van der Waals surface area contributed by atoms with Crippen molar-refractivity contribution in [1.82, 2.24) is 9.62 Å². The van der Waals surface area contributed by atoms with E-state index in [0.717, 1.165) is 17.8 Å². The van der Waals surface area contributed by atoms with Crippen LogP contribution in [0.15, 0.2) is 16.3 Å². The second-order valence-electron chi connectivity index (χ2n) is 6.02. The third-order valence-electron chi connectivity index (χ3n) is 3.61. The van der Waals surface area contributed by atoms with Crippen molar-refractivity contribution in [2.75, 3.05) is 6.54 Å². The molecule has 0 radical (unpaired) electrons. The van der Waals surface area contributed by atoms with E-state index in [-0.39, 0.29) is 6.04 Å². The minimum Gasteiger partial charge on any atom is -0.310 e. The zero-order valence-corrected chi connectivity index (χ0v) is 14.2. The number of hydrogen-bond acceptors (Lipinski definition) is 4. The molecule has 0 saturated carbocycles. The molecule has 0 aromatic carbocycles. The molecule has 114 valence electrons. The van der Waals surface area contributed by atoms with Gasteiger partial charge in [0.25, 0.3) is 10.0 Å². The maximum Gasteiger partial charge on any atom is 0.252 e. The fraction of sp³-hybridized carbons (Fsp3) is 0.714. The summed E-state index contributed by atoms with van der Waals surface area (Å²) in [6.45, 7) is 9.64. The lowest BCUT2D eigenvalue weighted by atomic mass is 10.1. The van der Waals surface area contributed by atoms with Gasteiger partial charge in [0.2, 0.25) is 0 Å². The molecule has 20 heavy (non-hydrogen) atoms. The summed E-state index contributed by atoms with van der Waals surface area (Å²) in [4.78, 5) is 1.07. The molecular weight excluding hydrogens is 292 g/mol. The minimum absolute atomic E-state index is 0.106. The van der Waals surface area contributed by atoms with Gasteiger partial charge in [-0.25, -0.2) is 8.42 Å². The third kappa shape index (κ3) is 3.42. The lowest BCUT2D eigenvalue weighted by molar-refractivity contribution is 0.407. The molecule has 2 heterocycles. The van der Waals surface area contributed by atoms with Crippen molar-refractivity contribution < 1.29 is 8.42 Å². The summed E-state index contributed by atoms with van der Waals surface area (Å²) in [5.41, 5.74) is 0. The summed E-state index contributed by atoms with van der Waals surface area (Å²) >= 11 is 1.38. The molecule has 1 N–H and O–H groups in total. The smallest absolute Gasteiger partial charge is 0.252 e. The molecular formula is C14H24N2O2S2. The average molecular weight is 316 g/mol. The van der Waals surface area contributed by atoms with Crippen LogP contribution in [0.3, 0.4) is 0 Å². The van der Waals surface area contributed by atoms with Crippen molar-refractivity contribution in [2.45, 2.75) is 57.0 Å². The minimum atomic E-state index is -3.31. The molecule has 1 fully saturated rings. The predicted molar refractivity (Wildman–Crippen MR) is 83.4 cm³/mol. The Morgan fingerprint density at radius 2 is 2.10 bits per heavy atom. The van der Waals surface area contributed by atoms with Crippen LogP contribution >= 0.6 is 11.3 Å². The Kier molecular flexibility index (Phi) is 4.89. The highest BCUT2D eigenvalue weighted by molar-refractivity contribution is 7.91. The van der Waals surface area contributed by atoms with Gasteiger partial charge >= 0.3 is 0 Å². The van der Waals surface area contributed by atoms with Crippen LogP contribution in [0.4, 0.5) is 0 Å². The van der Waals surface area contributed by atoms with Gasteiger partial charge in [0, 0.05) is 30.1 Å². The maximum atomic E-state index is 12.7. The van der Waals surface area contributed by atoms with Gasteiger partial charge in [0.05, 0.1) is 0 Å². The van der Waals surface area contributed by atoms with Crippen LogP contribution in [0, 0.1) is 5.92 Å². The molecule has 1 aliphatic rings. The standard InChI is InChI=1S/C14H24N2O2S2/c1-10(2)15-8-13-5-6-14(19-13)20(17,18)16-9-11(3)7-12(16)4/h5-6,10-12,15H,7-9H2,1-4H3. The van der Waals surface area contributed by atoms with E-state index < -0.39 is 10.0 Å². The van der Waals surface area contributed by atoms with Crippen molar-refractivity contribution in [3.63, 3.8) is 0 Å². The highest BCUT2D eigenvalue weighted by Gasteiger charge is 2.36. The normalized spacial score (nSPS) is 24.6. The van der Waals surface area contributed by atoms with Crippen LogP contribution in [0.5, 0.6) is 0 Å². The van der Waals surface area contributed by atoms with Crippen LogP contribution in [0.25, 0.3) is 0 Å². The van der Waals surface area contributed by atoms with Crippen molar-refractivity contribution in [1.29, 1.82) is 0 Å². The molecule has 2 atom stereocenters. The Hall–Kier alpha value is -0.430. The number of hydrogen-bond donors (Lipinski definition) is 1. The first kappa shape index (κ1) is 15.9. The second-order valence-corrected chi connectivity index (χ2v) is 9.31. The molecule has 1 saturated heterocycles. The van der Waals surface area contributed by atoms with Gasteiger partial charge in [-0.2, -0.15) is 4.31 Å². The lowest BCUT2D eigenvalue weighted by Gasteiger charge is -2.19. The molecule has 0 aliphatic carbocycles. The highest BCUT2D eigenvalue weighted by Crippen LogP contribution is 2.32. The van der Waals surface area contributed by atoms with E-state index in [0.29, 0.717) is 22.7 Å². The first-order valence-electron chi connectivity index (χ1n) is 7.14. The number of nitrogens with one attached hydrogen (secondary N) is 1. The molecule has 2 unspecified atom stereocenters. The van der Waals surface area contributed by atoms with Gasteiger partial charge in [0.15, 0.2) is 0 Å². The average Bonchev–Trinajstić information content (AvgIpc) is 2.93. The topological polar surface area (TPSA) is 49.4 Å². The second kappa shape index (κ2) is 6.13. The van der Waals surface area contributed by atoms with Gasteiger partial charge in [-0.15, -0.1) is 11.3 Å². The van der Waals surface area contributed by atoms with E-state index in [1.54, 1.807) is 10.4 Å². The van der Waals surface area contributed by atoms with Gasteiger partial charge in [-0.3, -0.25) is 0 Å². The van der Waals surface area contributed by atoms with E-state index in [2.05, 4.69) is 26.1 Å². The zero-order chi connectivity index (χ0) is 14.9. The molecule has 6 heteroatoms. The van der Waals surface area contributed by atoms with Gasteiger partial charge in [-0.05, 0) is 31.4 Å². The van der Waals surface area contributed by atoms with Crippen molar-refractivity contribution in [2.24, 2.45) is 5.92 Å². The van der Waals surface area contributed by atoms with Crippen molar-refractivity contribution in [3.05, 3.63) is 17.0 Å². The third-order valence-corrected chi connectivity index (χ3v) is 7.14. The predicted octanol–water partition coefficient (Wildman–Crippen LogP) is 2.67. The van der Waals surface area contributed by atoms with Gasteiger partial charge < -0.3 is 5.32 Å². The zero-order valence-electron chi connectivity index (χ0n) is 12.6. The van der Waals surface area contributed by atoms with Crippen molar-refractivity contribution in [3.8, 4) is 0 Å². The highest BCUT2D eigenvalue weighted by atomic mass is 32.2. The van der Waals surface area contributed by atoms with Crippen LogP contribution < -0.4 is 5.32 Å². The summed E-state index contributed by atoms with van der Waals surface area (Å²) in [6.07, 6.45) is 0.951. The Labute approximate surface area is 126 Å². The molecule has 4 nitrogen and oxygen atoms in total. The van der Waals surface area contributed by atoms with E-state index in [1.807, 2.05) is 13.0 Å². The summed E-state index contributed by atoms with van der Waals surface area (Å²) in [5.74, 6) is 0.446. The van der Waals surface area contributed by atoms with Crippen LogP contribution in [-0.2, 0) is 16.6 Å². The van der Waals surface area contributed by atoms with E-state index in [1.165, 1.54) is 11.3 Å². The Morgan fingerprint density at radius 1 is 1.40 bits per heavy atom. The lowest BCUT2D eigenvalue weighted by Crippen LogP contribution is -2.33. The molecule has 0 amide bonds. The fourth-order valence-corrected chi connectivity index (χ4v) is 5.81. The molecule has 2 rings (SSSR count). The molecule has 0 bridgehead atoms. The molecule has 1 aliphatic heterocycles. The van der Waals surface area contributed by atoms with Crippen LogP contribution in [0.2, 0.25) is 0 Å². The van der Waals surface area contributed by atoms with Gasteiger partial charge in [0.1, 0.15) is 4.21 Å². The van der Waals surface area contributed by atoms with Crippen LogP contribution in [0.1, 0.15) is 39.0 Å². The number of thiophene rings is 1. The van der Waals surface area contributed by atoms with Gasteiger partial charge in [-0.1, -0.05) is 20.8 Å². The number of nitrogens with zero attached hydrogens (tertiary/aromatic N) is 1. The van der Waals surface area contributed by atoms with E-state index >= 15 is 0 Å². The van der Waals surface area contributed by atoms with E-state index in [4.69, 9.17) is 0 Å². The van der Waals surface area contributed by atoms with E-state index in [9.17, 15) is 8.42 Å². The summed E-state index contributed by atoms with van der Waals surface area (Å²) < 4.78 is 27.4. The largest absolute Gasteiger partial charge is 0.310 e. The SMILES string of the molecule is CC1CC(C)N(S(=O)(=O)c2ccc(CNC(C)C)s2)C1. The van der Waals surface area contributed by atoms with Crippen molar-refractivity contribution >= 4 is 21.4 Å². The van der Waals surface area contributed by atoms with Crippen LogP contribution in [-0.4, -0.2) is 31.4 Å². The summed E-state index contributed by atoms with van der Waals surface area (Å²) in [6, 6.07) is 4.16. The summed E-state index contributed by atoms with van der Waals surface area (Å²) in [7, 11) is -3.31. The molecule has 1 aromatic rings. The summed E-state index contributed by atoms with van der Waals surface area (Å²) in [5, 5.41) is 3.31. The first-order chi connectivity index (χ1) is 9.30. The first-order valence-corrected chi connectivity index (χ1v) is 9.40. The monoisotopic (exact) mass is 316 g/mol. The number of sulfonamides is 1.